The monoisotopic (exact) mass is 317 g/mol. The van der Waals surface area contributed by atoms with Gasteiger partial charge in [0, 0.05) is 33.6 Å². The lowest BCUT2D eigenvalue weighted by atomic mass is 9.99. The van der Waals surface area contributed by atoms with Crippen LogP contribution in [0.2, 0.25) is 0 Å². The van der Waals surface area contributed by atoms with E-state index < -0.39 is 11.6 Å². The van der Waals surface area contributed by atoms with Crippen molar-refractivity contribution in [2.24, 2.45) is 0 Å². The summed E-state index contributed by atoms with van der Waals surface area (Å²) in [5, 5.41) is 4.05. The number of rotatable bonds is 4. The molecular weight excluding hydrogens is 296 g/mol. The Balaban J connectivity index is 2.35. The Bertz CT molecular complexity index is 467. The number of benzene rings is 1. The molecule has 1 aromatic carbocycles. The highest BCUT2D eigenvalue weighted by Crippen LogP contribution is 2.39. The van der Waals surface area contributed by atoms with Crippen LogP contribution in [-0.2, 0) is 0 Å². The molecule has 1 nitrogen and oxygen atoms in total. The van der Waals surface area contributed by atoms with Gasteiger partial charge in [0.05, 0.1) is 0 Å². The molecule has 0 saturated carbocycles. The SMILES string of the molecule is CCNC(c1ccc(C)c(F)c1F)C1SCCSC1C. The minimum absolute atomic E-state index is 0.136. The van der Waals surface area contributed by atoms with Gasteiger partial charge in [-0.05, 0) is 19.0 Å². The van der Waals surface area contributed by atoms with E-state index in [-0.39, 0.29) is 11.3 Å². The van der Waals surface area contributed by atoms with E-state index >= 15 is 0 Å². The minimum atomic E-state index is -0.716. The van der Waals surface area contributed by atoms with Crippen LogP contribution < -0.4 is 5.32 Å². The summed E-state index contributed by atoms with van der Waals surface area (Å²) in [4.78, 5) is 0. The quantitative estimate of drug-likeness (QED) is 0.895. The van der Waals surface area contributed by atoms with Crippen molar-refractivity contribution in [3.8, 4) is 0 Å². The van der Waals surface area contributed by atoms with Gasteiger partial charge in [0.15, 0.2) is 11.6 Å². The molecule has 5 heteroatoms. The van der Waals surface area contributed by atoms with Crippen LogP contribution in [0.3, 0.4) is 0 Å². The van der Waals surface area contributed by atoms with E-state index in [2.05, 4.69) is 12.2 Å². The molecule has 1 aliphatic heterocycles. The van der Waals surface area contributed by atoms with Crippen LogP contribution in [-0.4, -0.2) is 28.6 Å². The summed E-state index contributed by atoms with van der Waals surface area (Å²) in [6.07, 6.45) is 0. The van der Waals surface area contributed by atoms with E-state index in [1.807, 2.05) is 30.4 Å². The second kappa shape index (κ2) is 7.14. The van der Waals surface area contributed by atoms with Crippen molar-refractivity contribution in [3.63, 3.8) is 0 Å². The van der Waals surface area contributed by atoms with E-state index in [0.717, 1.165) is 18.1 Å². The second-order valence-electron chi connectivity index (χ2n) is 5.05. The van der Waals surface area contributed by atoms with Crippen LogP contribution in [0.15, 0.2) is 12.1 Å². The van der Waals surface area contributed by atoms with Crippen molar-refractivity contribution in [3.05, 3.63) is 34.9 Å². The zero-order valence-corrected chi connectivity index (χ0v) is 13.7. The van der Waals surface area contributed by atoms with Gasteiger partial charge in [0.1, 0.15) is 0 Å². The van der Waals surface area contributed by atoms with Crippen molar-refractivity contribution in [2.75, 3.05) is 18.1 Å². The molecule has 1 aromatic rings. The third kappa shape index (κ3) is 3.31. The molecule has 1 saturated heterocycles. The molecule has 1 fully saturated rings. The molecule has 20 heavy (non-hydrogen) atoms. The van der Waals surface area contributed by atoms with Gasteiger partial charge in [0.25, 0.3) is 0 Å². The Labute approximate surface area is 128 Å². The molecule has 0 radical (unpaired) electrons. The van der Waals surface area contributed by atoms with E-state index in [0.29, 0.717) is 16.4 Å². The van der Waals surface area contributed by atoms with Crippen molar-refractivity contribution >= 4 is 23.5 Å². The van der Waals surface area contributed by atoms with Gasteiger partial charge in [-0.3, -0.25) is 0 Å². The summed E-state index contributed by atoms with van der Waals surface area (Å²) >= 11 is 3.77. The maximum atomic E-state index is 14.3. The number of hydrogen-bond acceptors (Lipinski definition) is 3. The van der Waals surface area contributed by atoms with Crippen molar-refractivity contribution in [2.45, 2.75) is 37.3 Å². The van der Waals surface area contributed by atoms with Gasteiger partial charge in [-0.15, -0.1) is 0 Å². The summed E-state index contributed by atoms with van der Waals surface area (Å²) in [5.41, 5.74) is 0.821. The van der Waals surface area contributed by atoms with Gasteiger partial charge < -0.3 is 5.32 Å². The highest BCUT2D eigenvalue weighted by atomic mass is 32.2. The molecule has 3 atom stereocenters. The van der Waals surface area contributed by atoms with E-state index in [1.54, 1.807) is 19.1 Å². The third-order valence-electron chi connectivity index (χ3n) is 3.63. The molecule has 0 aromatic heterocycles. The lowest BCUT2D eigenvalue weighted by Gasteiger charge is -2.35. The molecule has 0 amide bonds. The summed E-state index contributed by atoms with van der Waals surface area (Å²) < 4.78 is 28.1. The third-order valence-corrected chi connectivity index (χ3v) is 6.82. The predicted molar refractivity (Wildman–Crippen MR) is 85.7 cm³/mol. The second-order valence-corrected chi connectivity index (χ2v) is 7.82. The van der Waals surface area contributed by atoms with Crippen LogP contribution in [0.4, 0.5) is 8.78 Å². The van der Waals surface area contributed by atoms with Gasteiger partial charge in [-0.1, -0.05) is 26.0 Å². The number of hydrogen-bond donors (Lipinski definition) is 1. The maximum Gasteiger partial charge on any atom is 0.163 e. The van der Waals surface area contributed by atoms with Gasteiger partial charge in [-0.2, -0.15) is 23.5 Å². The molecule has 1 aliphatic rings. The first kappa shape index (κ1) is 16.1. The molecule has 1 heterocycles. The maximum absolute atomic E-state index is 14.3. The first-order valence-corrected chi connectivity index (χ1v) is 9.07. The Morgan fingerprint density at radius 1 is 1.25 bits per heavy atom. The highest BCUT2D eigenvalue weighted by molar-refractivity contribution is 8.07. The van der Waals surface area contributed by atoms with Gasteiger partial charge >= 0.3 is 0 Å². The Morgan fingerprint density at radius 3 is 2.60 bits per heavy atom. The molecular formula is C15H21F2NS2. The van der Waals surface area contributed by atoms with Crippen LogP contribution >= 0.6 is 23.5 Å². The Kier molecular flexibility index (Phi) is 5.75. The average molecular weight is 317 g/mol. The summed E-state index contributed by atoms with van der Waals surface area (Å²) in [5.74, 6) is 0.787. The molecule has 0 bridgehead atoms. The number of aryl methyl sites for hydroxylation is 1. The minimum Gasteiger partial charge on any atom is -0.309 e. The fourth-order valence-corrected chi connectivity index (χ4v) is 5.48. The highest BCUT2D eigenvalue weighted by Gasteiger charge is 2.33. The van der Waals surface area contributed by atoms with Crippen LogP contribution in [0, 0.1) is 18.6 Å². The lowest BCUT2D eigenvalue weighted by Crippen LogP contribution is -2.38. The fourth-order valence-electron chi connectivity index (χ4n) is 2.54. The van der Waals surface area contributed by atoms with Crippen molar-refractivity contribution in [1.29, 1.82) is 0 Å². The van der Waals surface area contributed by atoms with E-state index in [4.69, 9.17) is 0 Å². The lowest BCUT2D eigenvalue weighted by molar-refractivity contribution is 0.454. The zero-order valence-electron chi connectivity index (χ0n) is 12.1. The first-order chi connectivity index (χ1) is 9.56. The normalized spacial score (nSPS) is 24.6. The molecule has 112 valence electrons. The Morgan fingerprint density at radius 2 is 1.95 bits per heavy atom. The molecule has 3 unspecified atom stereocenters. The number of halogens is 2. The van der Waals surface area contributed by atoms with Crippen molar-refractivity contribution in [1.82, 2.24) is 5.32 Å². The van der Waals surface area contributed by atoms with Crippen LogP contribution in [0.1, 0.15) is 31.0 Å². The summed E-state index contributed by atoms with van der Waals surface area (Å²) in [6, 6.07) is 3.26. The smallest absolute Gasteiger partial charge is 0.163 e. The average Bonchev–Trinajstić information content (AvgIpc) is 2.44. The van der Waals surface area contributed by atoms with Crippen LogP contribution in [0.5, 0.6) is 0 Å². The van der Waals surface area contributed by atoms with Crippen LogP contribution in [0.25, 0.3) is 0 Å². The van der Waals surface area contributed by atoms with E-state index in [9.17, 15) is 8.78 Å². The largest absolute Gasteiger partial charge is 0.309 e. The standard InChI is InChI=1S/C15H21F2NS2/c1-4-18-14(15-10(3)19-7-8-20-15)11-6-5-9(2)12(16)13(11)17/h5-6,10,14-15,18H,4,7-8H2,1-3H3. The fraction of sp³-hybridized carbons (Fsp3) is 0.600. The molecule has 0 aliphatic carbocycles. The molecule has 0 spiro atoms. The Hall–Kier alpha value is -0.260. The van der Waals surface area contributed by atoms with Gasteiger partial charge in [0.2, 0.25) is 0 Å². The molecule has 1 N–H and O–H groups in total. The summed E-state index contributed by atoms with van der Waals surface area (Å²) in [7, 11) is 0. The number of nitrogens with one attached hydrogen (secondary N) is 1. The van der Waals surface area contributed by atoms with Gasteiger partial charge in [-0.25, -0.2) is 8.78 Å². The zero-order chi connectivity index (χ0) is 14.7. The summed E-state index contributed by atoms with van der Waals surface area (Å²) in [6.45, 7) is 6.52. The number of thioether (sulfide) groups is 2. The first-order valence-electron chi connectivity index (χ1n) is 6.97. The molecule has 2 rings (SSSR count). The van der Waals surface area contributed by atoms with Crippen molar-refractivity contribution < 1.29 is 8.78 Å². The van der Waals surface area contributed by atoms with E-state index in [1.165, 1.54) is 0 Å². The topological polar surface area (TPSA) is 12.0 Å². The predicted octanol–water partition coefficient (Wildman–Crippen LogP) is 4.16.